The van der Waals surface area contributed by atoms with E-state index in [-0.39, 0.29) is 12.5 Å². The number of rotatable bonds is 6. The van der Waals surface area contributed by atoms with Crippen LogP contribution in [0.4, 0.5) is 11.4 Å². The van der Waals surface area contributed by atoms with Crippen LogP contribution in [0.5, 0.6) is 5.75 Å². The van der Waals surface area contributed by atoms with E-state index in [4.69, 9.17) is 9.15 Å². The topological polar surface area (TPSA) is 58.0 Å². The smallest absolute Gasteiger partial charge is 0.259 e. The molecule has 1 fully saturated rings. The van der Waals surface area contributed by atoms with Crippen LogP contribution in [0.3, 0.4) is 0 Å². The van der Waals surface area contributed by atoms with E-state index in [1.54, 1.807) is 6.07 Å². The number of para-hydroxylation sites is 1. The van der Waals surface area contributed by atoms with Gasteiger partial charge in [-0.25, -0.2) is 0 Å². The fraction of sp³-hybridized carbons (Fsp3) is 0.292. The Kier molecular flexibility index (Phi) is 6.05. The summed E-state index contributed by atoms with van der Waals surface area (Å²) in [5, 5.41) is 2.95. The van der Waals surface area contributed by atoms with Crippen molar-refractivity contribution in [2.75, 3.05) is 43.4 Å². The van der Waals surface area contributed by atoms with E-state index in [0.717, 1.165) is 43.2 Å². The summed E-state index contributed by atoms with van der Waals surface area (Å²) in [5.74, 6) is 1.07. The summed E-state index contributed by atoms with van der Waals surface area (Å²) in [4.78, 5) is 17.4. The average Bonchev–Trinajstić information content (AvgIpc) is 3.23. The van der Waals surface area contributed by atoms with Crippen LogP contribution < -0.4 is 15.0 Å². The molecule has 0 radical (unpaired) electrons. The number of carbonyl (C=O) groups is 1. The molecule has 1 amide bonds. The standard InChI is InChI=1S/C24H27N3O3/c1-18-5-3-4-6-22(18)30-17-23-21(11-16-29-23)24(28)25-19-7-9-20(10-8-19)27-14-12-26(2)13-15-27/h3-11,16H,12-15,17H2,1-2H3,(H,25,28). The first-order valence-corrected chi connectivity index (χ1v) is 10.2. The van der Waals surface area contributed by atoms with Crippen molar-refractivity contribution >= 4 is 17.3 Å². The molecule has 3 aromatic rings. The van der Waals surface area contributed by atoms with Gasteiger partial charge in [0.2, 0.25) is 0 Å². The van der Waals surface area contributed by atoms with E-state index < -0.39 is 0 Å². The molecule has 1 aliphatic rings. The van der Waals surface area contributed by atoms with Gasteiger partial charge in [0.15, 0.2) is 5.76 Å². The second-order valence-corrected chi connectivity index (χ2v) is 7.60. The molecule has 6 heteroatoms. The summed E-state index contributed by atoms with van der Waals surface area (Å²) in [6, 6.07) is 17.4. The maximum atomic E-state index is 12.8. The van der Waals surface area contributed by atoms with Crippen LogP contribution in [0.15, 0.2) is 65.3 Å². The molecule has 0 atom stereocenters. The molecule has 156 valence electrons. The van der Waals surface area contributed by atoms with Crippen molar-refractivity contribution < 1.29 is 13.9 Å². The highest BCUT2D eigenvalue weighted by molar-refractivity contribution is 6.05. The maximum absolute atomic E-state index is 12.8. The van der Waals surface area contributed by atoms with Gasteiger partial charge in [0, 0.05) is 37.6 Å². The Morgan fingerprint density at radius 2 is 1.77 bits per heavy atom. The lowest BCUT2D eigenvalue weighted by Gasteiger charge is -2.34. The van der Waals surface area contributed by atoms with E-state index in [2.05, 4.69) is 34.3 Å². The Hall–Kier alpha value is -3.25. The van der Waals surface area contributed by atoms with Gasteiger partial charge in [0.25, 0.3) is 5.91 Å². The number of nitrogens with zero attached hydrogens (tertiary/aromatic N) is 2. The van der Waals surface area contributed by atoms with Crippen molar-refractivity contribution in [3.05, 3.63) is 77.7 Å². The third-order valence-electron chi connectivity index (χ3n) is 5.44. The largest absolute Gasteiger partial charge is 0.485 e. The lowest BCUT2D eigenvalue weighted by atomic mass is 10.2. The highest BCUT2D eigenvalue weighted by atomic mass is 16.5. The average molecular weight is 405 g/mol. The number of carbonyl (C=O) groups excluding carboxylic acids is 1. The van der Waals surface area contributed by atoms with Crippen molar-refractivity contribution in [2.24, 2.45) is 0 Å². The van der Waals surface area contributed by atoms with Crippen molar-refractivity contribution in [1.82, 2.24) is 4.90 Å². The highest BCUT2D eigenvalue weighted by Crippen LogP contribution is 2.22. The fourth-order valence-electron chi connectivity index (χ4n) is 3.54. The first-order valence-electron chi connectivity index (χ1n) is 10.2. The normalized spacial score (nSPS) is 14.5. The molecule has 0 saturated carbocycles. The number of amides is 1. The summed E-state index contributed by atoms with van der Waals surface area (Å²) in [6.45, 7) is 6.33. The Balaban J connectivity index is 1.37. The molecule has 0 bridgehead atoms. The number of hydrogen-bond donors (Lipinski definition) is 1. The van der Waals surface area contributed by atoms with Gasteiger partial charge in [-0.05, 0) is 55.9 Å². The molecule has 1 saturated heterocycles. The minimum Gasteiger partial charge on any atom is -0.485 e. The molecular formula is C24H27N3O3. The second-order valence-electron chi connectivity index (χ2n) is 7.60. The Morgan fingerprint density at radius 1 is 1.03 bits per heavy atom. The van der Waals surface area contributed by atoms with Crippen molar-refractivity contribution in [3.63, 3.8) is 0 Å². The van der Waals surface area contributed by atoms with E-state index in [1.807, 2.05) is 43.3 Å². The van der Waals surface area contributed by atoms with Gasteiger partial charge in [-0.3, -0.25) is 4.79 Å². The summed E-state index contributed by atoms with van der Waals surface area (Å²) in [6.07, 6.45) is 1.52. The third kappa shape index (κ3) is 4.66. The lowest BCUT2D eigenvalue weighted by molar-refractivity contribution is 0.102. The number of likely N-dealkylation sites (N-methyl/N-ethyl adjacent to an activating group) is 1. The van der Waals surface area contributed by atoms with Crippen LogP contribution in [-0.2, 0) is 6.61 Å². The number of piperazine rings is 1. The minimum atomic E-state index is -0.209. The molecule has 6 nitrogen and oxygen atoms in total. The number of anilines is 2. The lowest BCUT2D eigenvalue weighted by Crippen LogP contribution is -2.44. The van der Waals surface area contributed by atoms with Crippen molar-refractivity contribution in [1.29, 1.82) is 0 Å². The maximum Gasteiger partial charge on any atom is 0.259 e. The monoisotopic (exact) mass is 405 g/mol. The first kappa shape index (κ1) is 20.0. The van der Waals surface area contributed by atoms with Gasteiger partial charge in [0.05, 0.1) is 11.8 Å². The van der Waals surface area contributed by atoms with Gasteiger partial charge in [-0.1, -0.05) is 18.2 Å². The molecule has 1 aromatic heterocycles. The molecular weight excluding hydrogens is 378 g/mol. The minimum absolute atomic E-state index is 0.197. The second kappa shape index (κ2) is 9.05. The van der Waals surface area contributed by atoms with E-state index in [9.17, 15) is 4.79 Å². The molecule has 0 unspecified atom stereocenters. The van der Waals surface area contributed by atoms with Gasteiger partial charge in [-0.2, -0.15) is 0 Å². The quantitative estimate of drug-likeness (QED) is 0.667. The Labute approximate surface area is 177 Å². The SMILES string of the molecule is Cc1ccccc1OCc1occc1C(=O)Nc1ccc(N2CCN(C)CC2)cc1. The number of furan rings is 1. The number of ether oxygens (including phenoxy) is 1. The number of nitrogens with one attached hydrogen (secondary N) is 1. The van der Waals surface area contributed by atoms with Gasteiger partial charge < -0.3 is 24.3 Å². The zero-order chi connectivity index (χ0) is 20.9. The molecule has 30 heavy (non-hydrogen) atoms. The van der Waals surface area contributed by atoms with Gasteiger partial charge >= 0.3 is 0 Å². The predicted octanol–water partition coefficient (Wildman–Crippen LogP) is 4.17. The molecule has 0 spiro atoms. The van der Waals surface area contributed by atoms with Crippen molar-refractivity contribution in [2.45, 2.75) is 13.5 Å². The van der Waals surface area contributed by atoms with E-state index >= 15 is 0 Å². The van der Waals surface area contributed by atoms with Crippen LogP contribution in [0.1, 0.15) is 21.7 Å². The highest BCUT2D eigenvalue weighted by Gasteiger charge is 2.17. The summed E-state index contributed by atoms with van der Waals surface area (Å²) in [7, 11) is 2.14. The Morgan fingerprint density at radius 3 is 2.50 bits per heavy atom. The molecule has 1 aliphatic heterocycles. The molecule has 0 aliphatic carbocycles. The van der Waals surface area contributed by atoms with Crippen LogP contribution in [0.2, 0.25) is 0 Å². The summed E-state index contributed by atoms with van der Waals surface area (Å²) in [5.41, 5.74) is 3.45. The summed E-state index contributed by atoms with van der Waals surface area (Å²) >= 11 is 0. The first-order chi connectivity index (χ1) is 14.6. The number of hydrogen-bond acceptors (Lipinski definition) is 5. The fourth-order valence-corrected chi connectivity index (χ4v) is 3.54. The zero-order valence-corrected chi connectivity index (χ0v) is 17.4. The summed E-state index contributed by atoms with van der Waals surface area (Å²) < 4.78 is 11.3. The molecule has 2 aromatic carbocycles. The third-order valence-corrected chi connectivity index (χ3v) is 5.44. The molecule has 4 rings (SSSR count). The Bertz CT molecular complexity index is 989. The van der Waals surface area contributed by atoms with E-state index in [1.165, 1.54) is 12.0 Å². The molecule has 2 heterocycles. The van der Waals surface area contributed by atoms with Crippen LogP contribution >= 0.6 is 0 Å². The van der Waals surface area contributed by atoms with Gasteiger partial charge in [-0.15, -0.1) is 0 Å². The van der Waals surface area contributed by atoms with Crippen molar-refractivity contribution in [3.8, 4) is 5.75 Å². The van der Waals surface area contributed by atoms with Crippen LogP contribution in [0, 0.1) is 6.92 Å². The zero-order valence-electron chi connectivity index (χ0n) is 17.4. The van der Waals surface area contributed by atoms with Gasteiger partial charge in [0.1, 0.15) is 12.4 Å². The van der Waals surface area contributed by atoms with Crippen LogP contribution in [0.25, 0.3) is 0 Å². The van der Waals surface area contributed by atoms with E-state index in [0.29, 0.717) is 11.3 Å². The van der Waals surface area contributed by atoms with Crippen LogP contribution in [-0.4, -0.2) is 44.0 Å². The predicted molar refractivity (Wildman–Crippen MR) is 118 cm³/mol. The number of benzene rings is 2. The number of aryl methyl sites for hydroxylation is 1. The molecule has 1 N–H and O–H groups in total.